The number of H-pyrrole nitrogens is 1. The third-order valence-electron chi connectivity index (χ3n) is 2.91. The van der Waals surface area contributed by atoms with Gasteiger partial charge in [-0.3, -0.25) is 4.57 Å². The van der Waals surface area contributed by atoms with Gasteiger partial charge >= 0.3 is 0 Å². The summed E-state index contributed by atoms with van der Waals surface area (Å²) >= 11 is 8.84. The highest BCUT2D eigenvalue weighted by Gasteiger charge is 2.14. The number of benzene rings is 1. The minimum atomic E-state index is 0.280. The number of aromatic nitrogens is 3. The standard InChI is InChI=1S/C13H17BrN4S/c1-9(2)18-12(15-16-13(18)19)17(3)8-10-6-4-5-7-11(10)14/h4-7,9H,8H2,1-3H3,(H,16,19). The van der Waals surface area contributed by atoms with Crippen molar-refractivity contribution >= 4 is 34.1 Å². The van der Waals surface area contributed by atoms with Gasteiger partial charge in [0.2, 0.25) is 5.95 Å². The van der Waals surface area contributed by atoms with Crippen molar-refractivity contribution in [3.05, 3.63) is 39.1 Å². The third-order valence-corrected chi connectivity index (χ3v) is 3.97. The van der Waals surface area contributed by atoms with E-state index in [1.165, 1.54) is 5.56 Å². The Morgan fingerprint density at radius 3 is 2.74 bits per heavy atom. The van der Waals surface area contributed by atoms with E-state index in [0.717, 1.165) is 17.0 Å². The highest BCUT2D eigenvalue weighted by molar-refractivity contribution is 9.10. The molecule has 0 fully saturated rings. The number of halogens is 1. The van der Waals surface area contributed by atoms with Gasteiger partial charge < -0.3 is 4.90 Å². The van der Waals surface area contributed by atoms with Gasteiger partial charge in [-0.15, -0.1) is 5.10 Å². The highest BCUT2D eigenvalue weighted by Crippen LogP contribution is 2.21. The van der Waals surface area contributed by atoms with Crippen LogP contribution >= 0.6 is 28.1 Å². The summed E-state index contributed by atoms with van der Waals surface area (Å²) in [6.07, 6.45) is 0. The molecule has 0 saturated heterocycles. The molecule has 102 valence electrons. The largest absolute Gasteiger partial charge is 0.340 e. The first-order chi connectivity index (χ1) is 9.00. The lowest BCUT2D eigenvalue weighted by Crippen LogP contribution is -2.22. The molecule has 0 amide bonds. The maximum Gasteiger partial charge on any atom is 0.226 e. The van der Waals surface area contributed by atoms with Crippen molar-refractivity contribution in [3.63, 3.8) is 0 Å². The number of aromatic amines is 1. The van der Waals surface area contributed by atoms with Crippen molar-refractivity contribution in [1.29, 1.82) is 0 Å². The predicted molar refractivity (Wildman–Crippen MR) is 84.0 cm³/mol. The number of nitrogens with one attached hydrogen (secondary N) is 1. The topological polar surface area (TPSA) is 36.9 Å². The lowest BCUT2D eigenvalue weighted by molar-refractivity contribution is 0.583. The summed E-state index contributed by atoms with van der Waals surface area (Å²) < 4.78 is 3.78. The molecule has 19 heavy (non-hydrogen) atoms. The Balaban J connectivity index is 2.28. The zero-order valence-electron chi connectivity index (χ0n) is 11.2. The van der Waals surface area contributed by atoms with Crippen LogP contribution in [-0.2, 0) is 6.54 Å². The molecule has 4 nitrogen and oxygen atoms in total. The van der Waals surface area contributed by atoms with Gasteiger partial charge in [0.15, 0.2) is 4.77 Å². The normalized spacial score (nSPS) is 11.0. The van der Waals surface area contributed by atoms with E-state index in [0.29, 0.717) is 4.77 Å². The van der Waals surface area contributed by atoms with Crippen molar-refractivity contribution in [3.8, 4) is 0 Å². The molecule has 1 N–H and O–H groups in total. The van der Waals surface area contributed by atoms with Crippen molar-refractivity contribution < 1.29 is 0 Å². The molecule has 2 aromatic rings. The Bertz CT molecular complexity index is 617. The van der Waals surface area contributed by atoms with Crippen molar-refractivity contribution in [2.45, 2.75) is 26.4 Å². The maximum atomic E-state index is 5.27. The molecule has 0 aliphatic rings. The number of anilines is 1. The molecule has 2 rings (SSSR count). The molecule has 0 radical (unpaired) electrons. The Kier molecular flexibility index (Phi) is 4.42. The molecule has 1 aromatic heterocycles. The van der Waals surface area contributed by atoms with Crippen LogP contribution in [0, 0.1) is 4.77 Å². The Hall–Kier alpha value is -1.14. The maximum absolute atomic E-state index is 5.27. The van der Waals surface area contributed by atoms with Crippen molar-refractivity contribution in [1.82, 2.24) is 14.8 Å². The molecular formula is C13H17BrN4S. The van der Waals surface area contributed by atoms with Crippen LogP contribution in [0.4, 0.5) is 5.95 Å². The van der Waals surface area contributed by atoms with Crippen LogP contribution in [0.1, 0.15) is 25.5 Å². The number of rotatable bonds is 4. The summed E-state index contributed by atoms with van der Waals surface area (Å²) in [6.45, 7) is 4.97. The van der Waals surface area contributed by atoms with Crippen LogP contribution < -0.4 is 4.90 Å². The van der Waals surface area contributed by atoms with Gasteiger partial charge in [-0.05, 0) is 37.7 Å². The van der Waals surface area contributed by atoms with Gasteiger partial charge in [-0.1, -0.05) is 34.1 Å². The predicted octanol–water partition coefficient (Wildman–Crippen LogP) is 3.92. The van der Waals surface area contributed by atoms with Gasteiger partial charge in [0, 0.05) is 24.1 Å². The van der Waals surface area contributed by atoms with Gasteiger partial charge in [0.05, 0.1) is 0 Å². The van der Waals surface area contributed by atoms with Crippen LogP contribution in [-0.4, -0.2) is 21.8 Å². The first-order valence-electron chi connectivity index (χ1n) is 6.12. The lowest BCUT2D eigenvalue weighted by Gasteiger charge is -2.21. The van der Waals surface area contributed by atoms with Gasteiger partial charge in [0.25, 0.3) is 0 Å². The molecule has 0 bridgehead atoms. The van der Waals surface area contributed by atoms with Crippen LogP contribution in [0.3, 0.4) is 0 Å². The minimum Gasteiger partial charge on any atom is -0.340 e. The average Bonchev–Trinajstić information content (AvgIpc) is 2.74. The van der Waals surface area contributed by atoms with Crippen LogP contribution in [0.15, 0.2) is 28.7 Å². The Morgan fingerprint density at radius 1 is 1.42 bits per heavy atom. The van der Waals surface area contributed by atoms with E-state index in [4.69, 9.17) is 12.2 Å². The van der Waals surface area contributed by atoms with Gasteiger partial charge in [0.1, 0.15) is 0 Å². The molecule has 0 spiro atoms. The molecule has 1 aromatic carbocycles. The summed E-state index contributed by atoms with van der Waals surface area (Å²) in [5.74, 6) is 0.857. The fraction of sp³-hybridized carbons (Fsp3) is 0.385. The molecule has 1 heterocycles. The van der Waals surface area contributed by atoms with Gasteiger partial charge in [-0.25, -0.2) is 5.10 Å². The van der Waals surface area contributed by atoms with E-state index in [-0.39, 0.29) is 6.04 Å². The summed E-state index contributed by atoms with van der Waals surface area (Å²) in [5, 5.41) is 7.18. The minimum absolute atomic E-state index is 0.280. The number of hydrogen-bond donors (Lipinski definition) is 1. The van der Waals surface area contributed by atoms with E-state index in [1.54, 1.807) is 0 Å². The molecule has 0 saturated carbocycles. The summed E-state index contributed by atoms with van der Waals surface area (Å²) in [4.78, 5) is 2.09. The Labute approximate surface area is 126 Å². The average molecular weight is 341 g/mol. The summed E-state index contributed by atoms with van der Waals surface area (Å²) in [7, 11) is 2.02. The smallest absolute Gasteiger partial charge is 0.226 e. The second kappa shape index (κ2) is 5.88. The van der Waals surface area contributed by atoms with E-state index in [9.17, 15) is 0 Å². The summed E-state index contributed by atoms with van der Waals surface area (Å²) in [5.41, 5.74) is 1.22. The SMILES string of the molecule is CC(C)n1c(N(C)Cc2ccccc2Br)n[nH]c1=S. The molecule has 0 unspecified atom stereocenters. The monoisotopic (exact) mass is 340 g/mol. The van der Waals surface area contributed by atoms with Crippen molar-refractivity contribution in [2.75, 3.05) is 11.9 Å². The van der Waals surface area contributed by atoms with E-state index in [2.05, 4.69) is 50.9 Å². The third kappa shape index (κ3) is 3.06. The molecule has 0 atom stereocenters. The van der Waals surface area contributed by atoms with E-state index in [1.807, 2.05) is 29.8 Å². The molecular weight excluding hydrogens is 324 g/mol. The Morgan fingerprint density at radius 2 is 2.11 bits per heavy atom. The number of hydrogen-bond acceptors (Lipinski definition) is 3. The van der Waals surface area contributed by atoms with Crippen LogP contribution in [0.5, 0.6) is 0 Å². The zero-order chi connectivity index (χ0) is 14.0. The van der Waals surface area contributed by atoms with Crippen LogP contribution in [0.25, 0.3) is 0 Å². The van der Waals surface area contributed by atoms with Gasteiger partial charge in [-0.2, -0.15) is 0 Å². The van der Waals surface area contributed by atoms with Crippen LogP contribution in [0.2, 0.25) is 0 Å². The zero-order valence-corrected chi connectivity index (χ0v) is 13.6. The molecule has 6 heteroatoms. The molecule has 0 aliphatic carbocycles. The van der Waals surface area contributed by atoms with Crippen molar-refractivity contribution in [2.24, 2.45) is 0 Å². The first-order valence-corrected chi connectivity index (χ1v) is 7.32. The fourth-order valence-corrected chi connectivity index (χ4v) is 2.73. The van der Waals surface area contributed by atoms with E-state index < -0.39 is 0 Å². The molecule has 0 aliphatic heterocycles. The van der Waals surface area contributed by atoms with E-state index >= 15 is 0 Å². The quantitative estimate of drug-likeness (QED) is 0.857. The fourth-order valence-electron chi connectivity index (χ4n) is 1.98. The summed E-state index contributed by atoms with van der Waals surface area (Å²) in [6, 6.07) is 8.47. The number of nitrogens with zero attached hydrogens (tertiary/aromatic N) is 3. The highest BCUT2D eigenvalue weighted by atomic mass is 79.9. The second-order valence-corrected chi connectivity index (χ2v) is 5.98. The first kappa shape index (κ1) is 14.3. The lowest BCUT2D eigenvalue weighted by atomic mass is 10.2. The second-order valence-electron chi connectivity index (χ2n) is 4.74.